The van der Waals surface area contributed by atoms with Gasteiger partial charge in [0.15, 0.2) is 0 Å². The lowest BCUT2D eigenvalue weighted by Crippen LogP contribution is -2.57. The number of aliphatic hydroxyl groups is 1. The first-order chi connectivity index (χ1) is 22.5. The highest BCUT2D eigenvalue weighted by atomic mass is 16.5. The van der Waals surface area contributed by atoms with Crippen molar-refractivity contribution >= 4 is 35.5 Å². The van der Waals surface area contributed by atoms with Gasteiger partial charge in [0.1, 0.15) is 18.1 Å². The molecule has 0 aliphatic rings. The number of benzene rings is 1. The molecule has 13 heteroatoms. The number of methoxy groups -OCH3 is 1. The van der Waals surface area contributed by atoms with Crippen LogP contribution in [0.1, 0.15) is 116 Å². The Balaban J connectivity index is 0.0000230. The number of esters is 1. The van der Waals surface area contributed by atoms with Gasteiger partial charge in [-0.1, -0.05) is 62.3 Å². The monoisotopic (exact) mass is 691 g/mol. The molecule has 1 aromatic carbocycles. The molecule has 0 radical (unpaired) electrons. The first-order valence-corrected chi connectivity index (χ1v) is 16.9. The minimum absolute atomic E-state index is 0. The normalized spacial score (nSPS) is 14.1. The first kappa shape index (κ1) is 45.0. The molecule has 0 bridgehead atoms. The van der Waals surface area contributed by atoms with Crippen LogP contribution in [0.15, 0.2) is 24.3 Å². The quantitative estimate of drug-likeness (QED) is 0.112. The fourth-order valence-corrected chi connectivity index (χ4v) is 5.14. The standard InChI is InChI=1S/C35H57N5O8.CH4/c1-10-12-25(37-33(45)27(18-21(5)6)39-31(43)23-13-15-24(16-14-23)35(47)48-9)32(44)38-26(17-20(3)4)28(41)19-29(42)40-30(22(7)8)34(46)36-11-2;/h13-16,20-22,25-28,30,41H,10-12,17-19H2,1-9H3,(H,36,46)(H,37,45)(H,38,44)(H,39,43)(H,40,42);1H4/t25-,26-,27-,28-,30-;/m0./s1. The van der Waals surface area contributed by atoms with Gasteiger partial charge in [0.2, 0.25) is 23.6 Å². The van der Waals surface area contributed by atoms with E-state index < -0.39 is 59.9 Å². The van der Waals surface area contributed by atoms with E-state index in [9.17, 15) is 33.9 Å². The molecular formula is C36H61N5O8. The maximum atomic E-state index is 13.6. The molecular weight excluding hydrogens is 630 g/mol. The largest absolute Gasteiger partial charge is 0.465 e. The molecule has 278 valence electrons. The Morgan fingerprint density at radius 1 is 0.735 bits per heavy atom. The van der Waals surface area contributed by atoms with Crippen molar-refractivity contribution in [3.8, 4) is 0 Å². The van der Waals surface area contributed by atoms with Crippen LogP contribution in [0.5, 0.6) is 0 Å². The predicted molar refractivity (Wildman–Crippen MR) is 190 cm³/mol. The zero-order chi connectivity index (χ0) is 36.6. The minimum Gasteiger partial charge on any atom is -0.465 e. The maximum absolute atomic E-state index is 13.6. The van der Waals surface area contributed by atoms with Crippen molar-refractivity contribution in [1.82, 2.24) is 26.6 Å². The molecule has 49 heavy (non-hydrogen) atoms. The summed E-state index contributed by atoms with van der Waals surface area (Å²) in [6.45, 7) is 15.3. The molecule has 0 aromatic heterocycles. The summed E-state index contributed by atoms with van der Waals surface area (Å²) in [6, 6.07) is 2.34. The molecule has 6 N–H and O–H groups in total. The molecule has 0 unspecified atom stereocenters. The summed E-state index contributed by atoms with van der Waals surface area (Å²) in [7, 11) is 1.26. The Morgan fingerprint density at radius 2 is 1.29 bits per heavy atom. The van der Waals surface area contributed by atoms with Crippen LogP contribution in [0.25, 0.3) is 0 Å². The number of aliphatic hydroxyl groups excluding tert-OH is 1. The second kappa shape index (κ2) is 22.6. The highest BCUT2D eigenvalue weighted by molar-refractivity contribution is 5.99. The lowest BCUT2D eigenvalue weighted by Gasteiger charge is -2.29. The number of nitrogens with one attached hydrogen (secondary N) is 5. The fourth-order valence-electron chi connectivity index (χ4n) is 5.14. The third-order valence-corrected chi connectivity index (χ3v) is 7.64. The van der Waals surface area contributed by atoms with Crippen molar-refractivity contribution in [2.75, 3.05) is 13.7 Å². The van der Waals surface area contributed by atoms with Crippen molar-refractivity contribution in [3.05, 3.63) is 35.4 Å². The summed E-state index contributed by atoms with van der Waals surface area (Å²) in [4.78, 5) is 77.2. The van der Waals surface area contributed by atoms with Gasteiger partial charge in [-0.2, -0.15) is 0 Å². The molecule has 0 saturated carbocycles. The Kier molecular flexibility index (Phi) is 20.8. The number of hydrogen-bond donors (Lipinski definition) is 6. The van der Waals surface area contributed by atoms with Crippen molar-refractivity contribution in [3.63, 3.8) is 0 Å². The second-order valence-corrected chi connectivity index (χ2v) is 13.3. The van der Waals surface area contributed by atoms with Crippen molar-refractivity contribution in [2.24, 2.45) is 17.8 Å². The summed E-state index contributed by atoms with van der Waals surface area (Å²) in [5, 5.41) is 24.8. The lowest BCUT2D eigenvalue weighted by molar-refractivity contribution is -0.132. The zero-order valence-electron chi connectivity index (χ0n) is 30.0. The van der Waals surface area contributed by atoms with Gasteiger partial charge in [0.25, 0.3) is 5.91 Å². The minimum atomic E-state index is -1.25. The molecule has 0 fully saturated rings. The highest BCUT2D eigenvalue weighted by Gasteiger charge is 2.32. The van der Waals surface area contributed by atoms with Crippen LogP contribution >= 0.6 is 0 Å². The lowest BCUT2D eigenvalue weighted by atomic mass is 9.95. The molecule has 1 rings (SSSR count). The Morgan fingerprint density at radius 3 is 1.78 bits per heavy atom. The van der Waals surface area contributed by atoms with Crippen molar-refractivity contribution in [1.29, 1.82) is 0 Å². The highest BCUT2D eigenvalue weighted by Crippen LogP contribution is 2.14. The summed E-state index contributed by atoms with van der Waals surface area (Å²) in [6.07, 6.45) is -0.0816. The van der Waals surface area contributed by atoms with Crippen LogP contribution in [0.2, 0.25) is 0 Å². The second-order valence-electron chi connectivity index (χ2n) is 13.3. The van der Waals surface area contributed by atoms with E-state index in [1.54, 1.807) is 20.8 Å². The molecule has 0 aliphatic carbocycles. The summed E-state index contributed by atoms with van der Waals surface area (Å²) in [5.41, 5.74) is 0.520. The van der Waals surface area contributed by atoms with E-state index in [2.05, 4.69) is 26.6 Å². The average molecular weight is 692 g/mol. The van der Waals surface area contributed by atoms with Crippen molar-refractivity contribution < 1.29 is 38.6 Å². The average Bonchev–Trinajstić information content (AvgIpc) is 3.01. The predicted octanol–water partition coefficient (Wildman–Crippen LogP) is 3.10. The third-order valence-electron chi connectivity index (χ3n) is 7.64. The van der Waals surface area contributed by atoms with Crippen LogP contribution in [0.3, 0.4) is 0 Å². The molecule has 5 atom stereocenters. The fraction of sp³-hybridized carbons (Fsp3) is 0.667. The maximum Gasteiger partial charge on any atom is 0.337 e. The first-order valence-electron chi connectivity index (χ1n) is 16.9. The number of ether oxygens (including phenoxy) is 1. The van der Waals surface area contributed by atoms with Gasteiger partial charge in [-0.05, 0) is 68.2 Å². The van der Waals surface area contributed by atoms with Crippen LogP contribution in [0, 0.1) is 17.8 Å². The van der Waals surface area contributed by atoms with E-state index in [-0.39, 0.29) is 48.6 Å². The third kappa shape index (κ3) is 15.8. The number of hydrogen-bond acceptors (Lipinski definition) is 8. The molecule has 5 amide bonds. The van der Waals surface area contributed by atoms with Gasteiger partial charge in [-0.3, -0.25) is 24.0 Å². The van der Waals surface area contributed by atoms with Gasteiger partial charge in [0, 0.05) is 12.1 Å². The molecule has 0 saturated heterocycles. The summed E-state index contributed by atoms with van der Waals surface area (Å²) >= 11 is 0. The van der Waals surface area contributed by atoms with Gasteiger partial charge in [0.05, 0.1) is 31.2 Å². The van der Waals surface area contributed by atoms with Crippen LogP contribution in [-0.2, 0) is 23.9 Å². The number of likely N-dealkylation sites (N-methyl/N-ethyl adjacent to an activating group) is 1. The molecule has 0 aliphatic heterocycles. The molecule has 0 heterocycles. The van der Waals surface area contributed by atoms with E-state index in [1.807, 2.05) is 34.6 Å². The number of carbonyl (C=O) groups is 6. The van der Waals surface area contributed by atoms with Crippen LogP contribution in [0.4, 0.5) is 0 Å². The van der Waals surface area contributed by atoms with Crippen LogP contribution in [-0.4, -0.2) is 84.5 Å². The summed E-state index contributed by atoms with van der Waals surface area (Å²) < 4.78 is 4.69. The van der Waals surface area contributed by atoms with E-state index in [4.69, 9.17) is 4.74 Å². The number of rotatable bonds is 20. The van der Waals surface area contributed by atoms with E-state index >= 15 is 0 Å². The molecule has 1 aromatic rings. The Bertz CT molecular complexity index is 1220. The van der Waals surface area contributed by atoms with Crippen molar-refractivity contribution in [2.45, 2.75) is 125 Å². The number of carbonyl (C=O) groups excluding carboxylic acids is 6. The van der Waals surface area contributed by atoms with E-state index in [0.717, 1.165) is 0 Å². The van der Waals surface area contributed by atoms with E-state index in [1.165, 1.54) is 31.4 Å². The van der Waals surface area contributed by atoms with Gasteiger partial charge < -0.3 is 36.4 Å². The SMILES string of the molecule is C.CCC[C@H](NC(=O)[C@H](CC(C)C)NC(=O)c1ccc(C(=O)OC)cc1)C(=O)N[C@@H](CC(C)C)[C@@H](O)CC(=O)N[C@H](C(=O)NCC)C(C)C. The molecule has 13 nitrogen and oxygen atoms in total. The van der Waals surface area contributed by atoms with Crippen LogP contribution < -0.4 is 26.6 Å². The van der Waals surface area contributed by atoms with Gasteiger partial charge in [-0.25, -0.2) is 4.79 Å². The Hall–Kier alpha value is -4.00. The Labute approximate surface area is 292 Å². The summed E-state index contributed by atoms with van der Waals surface area (Å²) in [5.74, 6) is -3.06. The zero-order valence-corrected chi connectivity index (χ0v) is 30.0. The molecule has 0 spiro atoms. The van der Waals surface area contributed by atoms with Gasteiger partial charge in [-0.15, -0.1) is 0 Å². The topological polar surface area (TPSA) is 192 Å². The van der Waals surface area contributed by atoms with E-state index in [0.29, 0.717) is 32.2 Å². The smallest absolute Gasteiger partial charge is 0.337 e. The number of amides is 5. The van der Waals surface area contributed by atoms with Gasteiger partial charge >= 0.3 is 5.97 Å².